The first-order valence-electron chi connectivity index (χ1n) is 17.5. The van der Waals surface area contributed by atoms with Crippen molar-refractivity contribution in [3.63, 3.8) is 0 Å². The van der Waals surface area contributed by atoms with Crippen LogP contribution in [0.15, 0.2) is 0 Å². The van der Waals surface area contributed by atoms with E-state index in [-0.39, 0.29) is 0 Å². The minimum absolute atomic E-state index is 0.793. The number of carbonyl (C=O) groups is 3. The summed E-state index contributed by atoms with van der Waals surface area (Å²) in [5.74, 6) is -6.79. The average Bonchev–Trinajstić information content (AvgIpc) is 3.15. The molecule has 326 valence electrons. The van der Waals surface area contributed by atoms with Gasteiger partial charge in [0.15, 0.2) is 12.6 Å². The Balaban J connectivity index is 2.06. The number of aliphatic hydroxyl groups is 13. The van der Waals surface area contributed by atoms with Crippen LogP contribution in [0.1, 0.15) is 27.2 Å². The molecule has 0 saturated carbocycles. The Labute approximate surface area is 318 Å². The molecule has 3 fully saturated rings. The van der Waals surface area contributed by atoms with Crippen molar-refractivity contribution in [3.05, 3.63) is 0 Å². The Morgan fingerprint density at radius 2 is 1.36 bits per heavy atom. The van der Waals surface area contributed by atoms with Crippen molar-refractivity contribution in [2.75, 3.05) is 26.4 Å². The van der Waals surface area contributed by atoms with Crippen LogP contribution in [0.5, 0.6) is 0 Å². The van der Waals surface area contributed by atoms with Gasteiger partial charge in [0.05, 0.1) is 50.7 Å². The van der Waals surface area contributed by atoms with Gasteiger partial charge in [0.25, 0.3) is 5.79 Å². The van der Waals surface area contributed by atoms with E-state index in [9.17, 15) is 85.9 Å². The highest BCUT2D eigenvalue weighted by molar-refractivity contribution is 5.76. The predicted molar refractivity (Wildman–Crippen MR) is 175 cm³/mol. The fraction of sp³-hybridized carbons (Fsp3) is 0.903. The van der Waals surface area contributed by atoms with Crippen LogP contribution >= 0.6 is 0 Å². The molecule has 3 saturated heterocycles. The molecular formula is C31H54N2O23. The Hall–Kier alpha value is -2.35. The normalized spacial score (nSPS) is 39.8. The second kappa shape index (κ2) is 20.6. The number of aliphatic carboxylic acids is 1. The zero-order chi connectivity index (χ0) is 42.4. The summed E-state index contributed by atoms with van der Waals surface area (Å²) in [5.41, 5.74) is 0. The monoisotopic (exact) mass is 822 g/mol. The van der Waals surface area contributed by atoms with Crippen LogP contribution in [0.25, 0.3) is 0 Å². The molecule has 3 aliphatic heterocycles. The van der Waals surface area contributed by atoms with Crippen molar-refractivity contribution in [2.24, 2.45) is 0 Å². The topological polar surface area (TPSA) is 414 Å². The number of nitrogens with one attached hydrogen (secondary N) is 2. The predicted octanol–water partition coefficient (Wildman–Crippen LogP) is -9.59. The van der Waals surface area contributed by atoms with Gasteiger partial charge in [-0.2, -0.15) is 0 Å². The van der Waals surface area contributed by atoms with Gasteiger partial charge < -0.3 is 111 Å². The molecule has 3 heterocycles. The van der Waals surface area contributed by atoms with Crippen molar-refractivity contribution in [1.29, 1.82) is 0 Å². The van der Waals surface area contributed by atoms with Crippen LogP contribution in [0.2, 0.25) is 0 Å². The van der Waals surface area contributed by atoms with Crippen LogP contribution in [-0.4, -0.2) is 238 Å². The summed E-state index contributed by atoms with van der Waals surface area (Å²) >= 11 is 0. The fourth-order valence-electron chi connectivity index (χ4n) is 6.59. The lowest BCUT2D eigenvalue weighted by Crippen LogP contribution is -2.70. The maximum absolute atomic E-state index is 12.8. The van der Waals surface area contributed by atoms with Gasteiger partial charge in [-0.05, 0) is 6.92 Å². The van der Waals surface area contributed by atoms with Crippen molar-refractivity contribution in [3.8, 4) is 0 Å². The fourth-order valence-corrected chi connectivity index (χ4v) is 6.59. The van der Waals surface area contributed by atoms with E-state index in [0.717, 1.165) is 13.8 Å². The summed E-state index contributed by atoms with van der Waals surface area (Å²) in [4.78, 5) is 36.9. The molecule has 3 aliphatic rings. The van der Waals surface area contributed by atoms with E-state index in [1.54, 1.807) is 0 Å². The summed E-state index contributed by atoms with van der Waals surface area (Å²) < 4.78 is 33.8. The molecule has 16 N–H and O–H groups in total. The first-order chi connectivity index (χ1) is 26.2. The second-order valence-electron chi connectivity index (χ2n) is 13.8. The first kappa shape index (κ1) is 48.0. The third-order valence-electron chi connectivity index (χ3n) is 9.60. The Morgan fingerprint density at radius 1 is 0.768 bits per heavy atom. The number of ether oxygens (including phenoxy) is 6. The van der Waals surface area contributed by atoms with Gasteiger partial charge in [-0.1, -0.05) is 0 Å². The van der Waals surface area contributed by atoms with Crippen LogP contribution in [-0.2, 0) is 42.8 Å². The van der Waals surface area contributed by atoms with Crippen LogP contribution in [0, 0.1) is 0 Å². The number of hydrogen-bond donors (Lipinski definition) is 16. The minimum atomic E-state index is -3.15. The molecule has 2 amide bonds. The Morgan fingerprint density at radius 3 is 1.88 bits per heavy atom. The third kappa shape index (κ3) is 10.8. The SMILES string of the molecule is CC(=O)N[C@H]1[C@H]([C@H](O)[C@H](O)CO)O[C@@](O[C@H]2[C@@H](O)[C@@H](CO)O[C@@H](O[C@@H]([C@H](O[C@@H]3O[C@@H](C)[C@@H](O)[C@@H](O)[C@@H]3O)[C@H](CO)NC(C)=O)[C@H](O)CO)[C@@H]2O)(C(=O)O)C[C@@H]1O. The molecule has 3 rings (SSSR count). The third-order valence-corrected chi connectivity index (χ3v) is 9.60. The molecule has 0 aromatic carbocycles. The zero-order valence-corrected chi connectivity index (χ0v) is 30.4. The van der Waals surface area contributed by atoms with E-state index in [0.29, 0.717) is 0 Å². The van der Waals surface area contributed by atoms with Crippen LogP contribution in [0.3, 0.4) is 0 Å². The van der Waals surface area contributed by atoms with Crippen LogP contribution < -0.4 is 10.6 Å². The summed E-state index contributed by atoms with van der Waals surface area (Å²) in [6, 6.07) is -3.23. The lowest BCUT2D eigenvalue weighted by molar-refractivity contribution is -0.380. The van der Waals surface area contributed by atoms with Crippen molar-refractivity contribution in [2.45, 2.75) is 149 Å². The maximum Gasteiger partial charge on any atom is 0.364 e. The first-order valence-corrected chi connectivity index (χ1v) is 17.5. The van der Waals surface area contributed by atoms with Gasteiger partial charge in [-0.15, -0.1) is 0 Å². The van der Waals surface area contributed by atoms with Crippen molar-refractivity contribution >= 4 is 17.8 Å². The summed E-state index contributed by atoms with van der Waals surface area (Å²) in [6.45, 7) is -1.04. The number of hydrogen-bond acceptors (Lipinski definition) is 22. The number of carboxylic acids is 1. The molecular weight excluding hydrogens is 768 g/mol. The quantitative estimate of drug-likeness (QED) is 0.0610. The molecule has 0 aliphatic carbocycles. The highest BCUT2D eigenvalue weighted by Crippen LogP contribution is 2.38. The molecule has 0 spiro atoms. The summed E-state index contributed by atoms with van der Waals surface area (Å²) in [7, 11) is 0. The number of aliphatic hydroxyl groups excluding tert-OH is 13. The molecule has 56 heavy (non-hydrogen) atoms. The van der Waals surface area contributed by atoms with Crippen LogP contribution in [0.4, 0.5) is 0 Å². The molecule has 25 nitrogen and oxygen atoms in total. The van der Waals surface area contributed by atoms with Gasteiger partial charge in [0.1, 0.15) is 79.4 Å². The summed E-state index contributed by atoms with van der Waals surface area (Å²) in [5, 5.41) is 151. The van der Waals surface area contributed by atoms with E-state index >= 15 is 0 Å². The van der Waals surface area contributed by atoms with Gasteiger partial charge in [0, 0.05) is 20.3 Å². The molecule has 0 unspecified atom stereocenters. The van der Waals surface area contributed by atoms with E-state index in [1.807, 2.05) is 0 Å². The average molecular weight is 823 g/mol. The second-order valence-corrected chi connectivity index (χ2v) is 13.8. The molecule has 0 aromatic heterocycles. The number of rotatable bonds is 18. The Bertz CT molecular complexity index is 1290. The lowest BCUT2D eigenvalue weighted by atomic mass is 9.88. The summed E-state index contributed by atoms with van der Waals surface area (Å²) in [6.07, 6.45) is -34.8. The van der Waals surface area contributed by atoms with Crippen molar-refractivity contribution < 1.29 is 114 Å². The molecule has 25 heteroatoms. The zero-order valence-electron chi connectivity index (χ0n) is 30.4. The molecule has 0 aromatic rings. The number of carbonyl (C=O) groups excluding carboxylic acids is 2. The highest BCUT2D eigenvalue weighted by Gasteiger charge is 2.60. The van der Waals surface area contributed by atoms with Crippen molar-refractivity contribution in [1.82, 2.24) is 10.6 Å². The Kier molecular flexibility index (Phi) is 17.6. The van der Waals surface area contributed by atoms with E-state index < -0.39 is 173 Å². The number of amides is 2. The molecule has 0 radical (unpaired) electrons. The van der Waals surface area contributed by atoms with E-state index in [4.69, 9.17) is 28.4 Å². The minimum Gasteiger partial charge on any atom is -0.477 e. The van der Waals surface area contributed by atoms with E-state index in [1.165, 1.54) is 6.92 Å². The highest BCUT2D eigenvalue weighted by atomic mass is 16.8. The number of carboxylic acid groups (broad SMARTS) is 1. The van der Waals surface area contributed by atoms with Gasteiger partial charge in [0.2, 0.25) is 11.8 Å². The lowest BCUT2D eigenvalue weighted by Gasteiger charge is -2.50. The van der Waals surface area contributed by atoms with Gasteiger partial charge >= 0.3 is 5.97 Å². The van der Waals surface area contributed by atoms with E-state index in [2.05, 4.69) is 10.6 Å². The van der Waals surface area contributed by atoms with Gasteiger partial charge in [-0.3, -0.25) is 9.59 Å². The van der Waals surface area contributed by atoms with Gasteiger partial charge in [-0.25, -0.2) is 4.79 Å². The smallest absolute Gasteiger partial charge is 0.364 e. The largest absolute Gasteiger partial charge is 0.477 e. The maximum atomic E-state index is 12.8. The standard InChI is InChI=1S/C31H54N2O23/c1-9-18(43)21(46)22(47)28(51-9)53-24(12(5-34)32-10(2)38)25(15(42)7-36)54-29-23(48)27(20(45)16(8-37)52-29)56-31(30(49)50)4-13(40)17(33-11(3)39)26(55-31)19(44)14(41)6-35/h9,12-29,34-37,40-48H,4-8H2,1-3H3,(H,32,38)(H,33,39)(H,49,50)/t9-,12-,13-,14+,15+,16+,17+,18+,19+,20-,21+,22-,23+,24+,25+,26+,27-,28-,29-,31-/m0/s1. The molecule has 20 atom stereocenters. The molecule has 0 bridgehead atoms.